The third kappa shape index (κ3) is 3.52. The predicted molar refractivity (Wildman–Crippen MR) is 93.1 cm³/mol. The Bertz CT molecular complexity index is 789. The van der Waals surface area contributed by atoms with Crippen LogP contribution in [0.2, 0.25) is 15.2 Å². The fourth-order valence-electron chi connectivity index (χ4n) is 2.56. The second-order valence-corrected chi connectivity index (χ2v) is 6.38. The van der Waals surface area contributed by atoms with Crippen LogP contribution in [-0.4, -0.2) is 22.3 Å². The van der Waals surface area contributed by atoms with Crippen molar-refractivity contribution < 1.29 is 4.79 Å². The van der Waals surface area contributed by atoms with Gasteiger partial charge in [-0.3, -0.25) is 4.79 Å². The Labute approximate surface area is 149 Å². The van der Waals surface area contributed by atoms with Gasteiger partial charge in [-0.05, 0) is 36.2 Å². The third-order valence-corrected chi connectivity index (χ3v) is 4.72. The molecule has 1 aliphatic rings. The van der Waals surface area contributed by atoms with Crippen molar-refractivity contribution in [3.8, 4) is 0 Å². The van der Waals surface area contributed by atoms with Crippen molar-refractivity contribution in [2.75, 3.05) is 6.54 Å². The maximum Gasteiger partial charge on any atom is 0.261 e. The summed E-state index contributed by atoms with van der Waals surface area (Å²) in [5, 5.41) is 1.25. The Morgan fingerprint density at radius 3 is 2.74 bits per heavy atom. The number of carbonyl (C=O) groups excluding carboxylic acids is 1. The molecule has 2 heterocycles. The van der Waals surface area contributed by atoms with Gasteiger partial charge in [0.2, 0.25) is 0 Å². The van der Waals surface area contributed by atoms with Crippen molar-refractivity contribution in [2.24, 2.45) is 0 Å². The molecule has 0 saturated carbocycles. The normalized spacial score (nSPS) is 14.0. The van der Waals surface area contributed by atoms with Crippen LogP contribution >= 0.6 is 34.8 Å². The zero-order chi connectivity index (χ0) is 16.4. The summed E-state index contributed by atoms with van der Waals surface area (Å²) < 4.78 is 0. The number of aromatic nitrogens is 1. The van der Waals surface area contributed by atoms with Crippen molar-refractivity contribution in [3.05, 3.63) is 74.6 Å². The maximum atomic E-state index is 12.7. The molecule has 0 atom stereocenters. The Morgan fingerprint density at radius 2 is 2.00 bits per heavy atom. The summed E-state index contributed by atoms with van der Waals surface area (Å²) >= 11 is 18.0. The lowest BCUT2D eigenvalue weighted by Crippen LogP contribution is -2.29. The third-order valence-electron chi connectivity index (χ3n) is 3.68. The predicted octanol–water partition coefficient (Wildman–Crippen LogP) is 5.01. The van der Waals surface area contributed by atoms with Gasteiger partial charge in [-0.15, -0.1) is 0 Å². The van der Waals surface area contributed by atoms with E-state index in [9.17, 15) is 4.79 Å². The van der Waals surface area contributed by atoms with E-state index in [4.69, 9.17) is 34.8 Å². The van der Waals surface area contributed by atoms with Crippen LogP contribution in [0.25, 0.3) is 0 Å². The quantitative estimate of drug-likeness (QED) is 0.714. The number of hydrogen-bond donors (Lipinski definition) is 0. The summed E-state index contributed by atoms with van der Waals surface area (Å²) in [5.41, 5.74) is 2.35. The SMILES string of the molecule is O=C(c1cccnc1Cl)N1CCC=C1Cc1ccc(Cl)c(Cl)c1. The first-order chi connectivity index (χ1) is 11.1. The summed E-state index contributed by atoms with van der Waals surface area (Å²) in [4.78, 5) is 18.4. The van der Waals surface area contributed by atoms with Crippen LogP contribution in [0.3, 0.4) is 0 Å². The smallest absolute Gasteiger partial charge is 0.261 e. The van der Waals surface area contributed by atoms with E-state index < -0.39 is 0 Å². The van der Waals surface area contributed by atoms with Crippen molar-refractivity contribution in [1.29, 1.82) is 0 Å². The lowest BCUT2D eigenvalue weighted by Gasteiger charge is -2.21. The number of rotatable bonds is 3. The van der Waals surface area contributed by atoms with Gasteiger partial charge in [0, 0.05) is 24.9 Å². The van der Waals surface area contributed by atoms with Crippen LogP contribution < -0.4 is 0 Å². The molecule has 1 aromatic heterocycles. The number of amides is 1. The number of pyridine rings is 1. The van der Waals surface area contributed by atoms with Gasteiger partial charge in [0.25, 0.3) is 5.91 Å². The lowest BCUT2D eigenvalue weighted by atomic mass is 10.1. The molecule has 118 valence electrons. The Hall–Kier alpha value is -1.55. The lowest BCUT2D eigenvalue weighted by molar-refractivity contribution is 0.0816. The van der Waals surface area contributed by atoms with Gasteiger partial charge in [0.15, 0.2) is 0 Å². The Morgan fingerprint density at radius 1 is 1.17 bits per heavy atom. The van der Waals surface area contributed by atoms with Crippen LogP contribution in [0.5, 0.6) is 0 Å². The van der Waals surface area contributed by atoms with Gasteiger partial charge in [-0.1, -0.05) is 46.9 Å². The average Bonchev–Trinajstić information content (AvgIpc) is 2.99. The largest absolute Gasteiger partial charge is 0.312 e. The van der Waals surface area contributed by atoms with E-state index in [2.05, 4.69) is 11.1 Å². The number of carbonyl (C=O) groups is 1. The molecule has 0 spiro atoms. The Balaban J connectivity index is 1.81. The topological polar surface area (TPSA) is 33.2 Å². The molecule has 1 aromatic carbocycles. The molecule has 3 rings (SSSR count). The van der Waals surface area contributed by atoms with Gasteiger partial charge in [-0.25, -0.2) is 4.98 Å². The first-order valence-corrected chi connectivity index (χ1v) is 8.25. The van der Waals surface area contributed by atoms with Crippen molar-refractivity contribution in [2.45, 2.75) is 12.8 Å². The molecule has 2 aromatic rings. The molecular weight excluding hydrogens is 355 g/mol. The number of hydrogen-bond acceptors (Lipinski definition) is 2. The summed E-state index contributed by atoms with van der Waals surface area (Å²) in [6.45, 7) is 0.640. The summed E-state index contributed by atoms with van der Waals surface area (Å²) in [6, 6.07) is 8.89. The van der Waals surface area contributed by atoms with E-state index in [0.717, 1.165) is 17.7 Å². The molecular formula is C17H13Cl3N2O. The standard InChI is InChI=1S/C17H13Cl3N2O/c18-14-6-5-11(10-15(14)19)9-12-3-2-8-22(12)17(23)13-4-1-7-21-16(13)20/h1,3-7,10H,2,8-9H2. The zero-order valence-electron chi connectivity index (χ0n) is 12.1. The van der Waals surface area contributed by atoms with Crippen LogP contribution in [0.4, 0.5) is 0 Å². The molecule has 6 heteroatoms. The summed E-state index contributed by atoms with van der Waals surface area (Å²) in [7, 11) is 0. The molecule has 1 aliphatic heterocycles. The fraction of sp³-hybridized carbons (Fsp3) is 0.176. The number of benzene rings is 1. The second kappa shape index (κ2) is 6.91. The molecule has 0 aliphatic carbocycles. The first-order valence-electron chi connectivity index (χ1n) is 7.11. The minimum atomic E-state index is -0.132. The molecule has 23 heavy (non-hydrogen) atoms. The highest BCUT2D eigenvalue weighted by atomic mass is 35.5. The van der Waals surface area contributed by atoms with E-state index in [1.165, 1.54) is 0 Å². The minimum Gasteiger partial charge on any atom is -0.312 e. The Kier molecular flexibility index (Phi) is 4.90. The molecule has 0 radical (unpaired) electrons. The number of halogens is 3. The fourth-order valence-corrected chi connectivity index (χ4v) is 3.08. The highest BCUT2D eigenvalue weighted by Gasteiger charge is 2.25. The van der Waals surface area contributed by atoms with Crippen LogP contribution in [0.15, 0.2) is 48.3 Å². The maximum absolute atomic E-state index is 12.7. The van der Waals surface area contributed by atoms with Crippen molar-refractivity contribution >= 4 is 40.7 Å². The van der Waals surface area contributed by atoms with E-state index in [0.29, 0.717) is 28.6 Å². The van der Waals surface area contributed by atoms with Gasteiger partial charge in [-0.2, -0.15) is 0 Å². The zero-order valence-corrected chi connectivity index (χ0v) is 14.4. The van der Waals surface area contributed by atoms with Gasteiger partial charge in [0.1, 0.15) is 5.15 Å². The molecule has 0 bridgehead atoms. The highest BCUT2D eigenvalue weighted by Crippen LogP contribution is 2.27. The molecule has 1 amide bonds. The average molecular weight is 368 g/mol. The van der Waals surface area contributed by atoms with Crippen molar-refractivity contribution in [3.63, 3.8) is 0 Å². The van der Waals surface area contributed by atoms with Crippen molar-refractivity contribution in [1.82, 2.24) is 9.88 Å². The molecule has 0 N–H and O–H groups in total. The molecule has 0 saturated heterocycles. The monoisotopic (exact) mass is 366 g/mol. The molecule has 0 unspecified atom stereocenters. The van der Waals surface area contributed by atoms with E-state index in [-0.39, 0.29) is 11.1 Å². The molecule has 3 nitrogen and oxygen atoms in total. The minimum absolute atomic E-state index is 0.132. The van der Waals surface area contributed by atoms with E-state index >= 15 is 0 Å². The first kappa shape index (κ1) is 16.3. The van der Waals surface area contributed by atoms with Crippen LogP contribution in [0, 0.1) is 0 Å². The van der Waals surface area contributed by atoms with Gasteiger partial charge < -0.3 is 4.90 Å². The number of allylic oxidation sites excluding steroid dienone is 1. The summed E-state index contributed by atoms with van der Waals surface area (Å²) in [5.74, 6) is -0.132. The second-order valence-electron chi connectivity index (χ2n) is 5.21. The summed E-state index contributed by atoms with van der Waals surface area (Å²) in [6.07, 6.45) is 5.06. The molecule has 0 fully saturated rings. The van der Waals surface area contributed by atoms with Gasteiger partial charge >= 0.3 is 0 Å². The van der Waals surface area contributed by atoms with E-state index in [1.54, 1.807) is 29.3 Å². The van der Waals surface area contributed by atoms with Crippen LogP contribution in [0.1, 0.15) is 22.3 Å². The van der Waals surface area contributed by atoms with Crippen LogP contribution in [-0.2, 0) is 6.42 Å². The number of nitrogens with zero attached hydrogens (tertiary/aromatic N) is 2. The highest BCUT2D eigenvalue weighted by molar-refractivity contribution is 6.42. The van der Waals surface area contributed by atoms with E-state index in [1.807, 2.05) is 12.1 Å². The van der Waals surface area contributed by atoms with Gasteiger partial charge in [0.05, 0.1) is 15.6 Å².